The lowest BCUT2D eigenvalue weighted by Gasteiger charge is -2.42. The summed E-state index contributed by atoms with van der Waals surface area (Å²) in [4.78, 5) is 12.5. The molecule has 1 aliphatic heterocycles. The van der Waals surface area contributed by atoms with E-state index < -0.39 is 43.3 Å². The smallest absolute Gasteiger partial charge is 0.361 e. The van der Waals surface area contributed by atoms with Crippen LogP contribution in [0.2, 0.25) is 0 Å². The van der Waals surface area contributed by atoms with E-state index in [-0.39, 0.29) is 5.69 Å². The summed E-state index contributed by atoms with van der Waals surface area (Å²) in [5, 5.41) is 47.0. The van der Waals surface area contributed by atoms with E-state index in [0.29, 0.717) is 12.2 Å². The fraction of sp³-hybridized carbons (Fsp3) is 0.471. The molecule has 0 amide bonds. The lowest BCUT2D eigenvalue weighted by Crippen LogP contribution is -2.64. The van der Waals surface area contributed by atoms with Crippen LogP contribution >= 0.6 is 0 Å². The van der Waals surface area contributed by atoms with Gasteiger partial charge in [0.25, 0.3) is 0 Å². The average molecular weight is 379 g/mol. The first-order valence-corrected chi connectivity index (χ1v) is 8.34. The van der Waals surface area contributed by atoms with E-state index in [0.717, 1.165) is 5.56 Å². The van der Waals surface area contributed by atoms with E-state index >= 15 is 0 Å². The van der Waals surface area contributed by atoms with Crippen molar-refractivity contribution in [2.75, 3.05) is 13.2 Å². The molecule has 0 unspecified atom stereocenters. The van der Waals surface area contributed by atoms with Crippen molar-refractivity contribution in [3.63, 3.8) is 0 Å². The highest BCUT2D eigenvalue weighted by atomic mass is 16.7. The third-order valence-corrected chi connectivity index (χ3v) is 4.46. The first-order valence-electron chi connectivity index (χ1n) is 8.34. The van der Waals surface area contributed by atoms with Crippen molar-refractivity contribution in [1.82, 2.24) is 15.0 Å². The van der Waals surface area contributed by atoms with Gasteiger partial charge in [0.05, 0.1) is 18.8 Å². The Labute approximate surface area is 154 Å². The standard InChI is InChI=1S/C17H21N3O7/c1-10-13(18-19-20(10)7-11-5-3-2-4-6-11)16(24)27-15-14(23)12(22)8-26-17(15,25)9-21/h2-6,12,14-15,21-23,25H,7-9H2,1H3/t12-,14-,15+,17-/m1/s1. The second kappa shape index (κ2) is 7.71. The molecule has 0 spiro atoms. The predicted octanol–water partition coefficient (Wildman–Crippen LogP) is -1.41. The zero-order valence-corrected chi connectivity index (χ0v) is 14.6. The van der Waals surface area contributed by atoms with Gasteiger partial charge in [-0.25, -0.2) is 9.48 Å². The molecule has 1 aromatic heterocycles. The molecule has 1 saturated heterocycles. The normalized spacial score (nSPS) is 28.1. The van der Waals surface area contributed by atoms with Gasteiger partial charge >= 0.3 is 5.97 Å². The summed E-state index contributed by atoms with van der Waals surface area (Å²) in [6, 6.07) is 9.44. The molecule has 0 saturated carbocycles. The molecule has 3 rings (SSSR count). The van der Waals surface area contributed by atoms with Gasteiger partial charge in [-0.05, 0) is 12.5 Å². The average Bonchev–Trinajstić information content (AvgIpc) is 3.03. The Morgan fingerprint density at radius 3 is 2.74 bits per heavy atom. The minimum Gasteiger partial charge on any atom is -0.449 e. The van der Waals surface area contributed by atoms with Crippen molar-refractivity contribution in [3.05, 3.63) is 47.3 Å². The van der Waals surface area contributed by atoms with Crippen LogP contribution in [0.5, 0.6) is 0 Å². The fourth-order valence-electron chi connectivity index (χ4n) is 2.80. The van der Waals surface area contributed by atoms with Crippen LogP contribution < -0.4 is 0 Å². The van der Waals surface area contributed by atoms with E-state index in [2.05, 4.69) is 10.3 Å². The van der Waals surface area contributed by atoms with Crippen LogP contribution in [0.3, 0.4) is 0 Å². The Morgan fingerprint density at radius 2 is 2.07 bits per heavy atom. The highest BCUT2D eigenvalue weighted by Crippen LogP contribution is 2.27. The number of aliphatic hydroxyl groups excluding tert-OH is 3. The van der Waals surface area contributed by atoms with Crippen molar-refractivity contribution in [2.45, 2.75) is 37.6 Å². The molecule has 2 aromatic rings. The fourth-order valence-corrected chi connectivity index (χ4v) is 2.80. The summed E-state index contributed by atoms with van der Waals surface area (Å²) in [6.45, 7) is 0.662. The summed E-state index contributed by atoms with van der Waals surface area (Å²) in [5.74, 6) is -3.30. The number of aliphatic hydroxyl groups is 4. The summed E-state index contributed by atoms with van der Waals surface area (Å²) in [5.41, 5.74) is 1.26. The van der Waals surface area contributed by atoms with Gasteiger partial charge in [-0.15, -0.1) is 5.10 Å². The number of hydrogen-bond donors (Lipinski definition) is 4. The Morgan fingerprint density at radius 1 is 1.37 bits per heavy atom. The van der Waals surface area contributed by atoms with Crippen molar-refractivity contribution in [1.29, 1.82) is 0 Å². The molecule has 0 radical (unpaired) electrons. The number of rotatable bonds is 5. The summed E-state index contributed by atoms with van der Waals surface area (Å²) in [7, 11) is 0. The van der Waals surface area contributed by atoms with Gasteiger partial charge in [-0.2, -0.15) is 0 Å². The van der Waals surface area contributed by atoms with Gasteiger partial charge in [0, 0.05) is 0 Å². The number of carbonyl (C=O) groups is 1. The lowest BCUT2D eigenvalue weighted by molar-refractivity contribution is -0.329. The molecule has 10 heteroatoms. The van der Waals surface area contributed by atoms with Crippen molar-refractivity contribution in [2.24, 2.45) is 0 Å². The molecule has 146 valence electrons. The van der Waals surface area contributed by atoms with Crippen LogP contribution in [-0.4, -0.2) is 78.7 Å². The zero-order valence-electron chi connectivity index (χ0n) is 14.6. The van der Waals surface area contributed by atoms with E-state index in [1.165, 1.54) is 4.68 Å². The molecule has 0 aliphatic carbocycles. The van der Waals surface area contributed by atoms with Crippen LogP contribution in [0.25, 0.3) is 0 Å². The number of carbonyl (C=O) groups excluding carboxylic acids is 1. The third-order valence-electron chi connectivity index (χ3n) is 4.46. The quantitative estimate of drug-likeness (QED) is 0.460. The monoisotopic (exact) mass is 379 g/mol. The van der Waals surface area contributed by atoms with Crippen LogP contribution in [-0.2, 0) is 16.0 Å². The number of nitrogens with zero attached hydrogens (tertiary/aromatic N) is 3. The number of benzene rings is 1. The van der Waals surface area contributed by atoms with Crippen LogP contribution in [0.15, 0.2) is 30.3 Å². The van der Waals surface area contributed by atoms with Gasteiger partial charge in [-0.1, -0.05) is 35.5 Å². The SMILES string of the molecule is Cc1c(C(=O)O[C@H]2[C@H](O)[C@H](O)CO[C@]2(O)CO)nnn1Cc1ccccc1. The van der Waals surface area contributed by atoms with E-state index in [1.54, 1.807) is 6.92 Å². The molecule has 1 fully saturated rings. The van der Waals surface area contributed by atoms with E-state index in [1.807, 2.05) is 30.3 Å². The third kappa shape index (κ3) is 3.84. The van der Waals surface area contributed by atoms with Crippen LogP contribution in [0, 0.1) is 6.92 Å². The summed E-state index contributed by atoms with van der Waals surface area (Å²) < 4.78 is 11.6. The Kier molecular flexibility index (Phi) is 5.53. The van der Waals surface area contributed by atoms with Gasteiger partial charge in [0.2, 0.25) is 5.79 Å². The molecule has 10 nitrogen and oxygen atoms in total. The van der Waals surface area contributed by atoms with Crippen molar-refractivity contribution in [3.8, 4) is 0 Å². The maximum atomic E-state index is 12.5. The number of esters is 1. The zero-order chi connectivity index (χ0) is 19.6. The number of ether oxygens (including phenoxy) is 2. The number of aromatic nitrogens is 3. The van der Waals surface area contributed by atoms with Gasteiger partial charge in [0.1, 0.15) is 18.8 Å². The minimum absolute atomic E-state index is 0.113. The largest absolute Gasteiger partial charge is 0.449 e. The van der Waals surface area contributed by atoms with E-state index in [9.17, 15) is 25.2 Å². The highest BCUT2D eigenvalue weighted by Gasteiger charge is 2.52. The van der Waals surface area contributed by atoms with Crippen LogP contribution in [0.4, 0.5) is 0 Å². The van der Waals surface area contributed by atoms with Gasteiger partial charge < -0.3 is 29.9 Å². The van der Waals surface area contributed by atoms with Gasteiger partial charge in [0.15, 0.2) is 11.8 Å². The summed E-state index contributed by atoms with van der Waals surface area (Å²) in [6.07, 6.45) is -4.72. The molecule has 2 heterocycles. The molecule has 1 aromatic carbocycles. The maximum Gasteiger partial charge on any atom is 0.361 e. The maximum absolute atomic E-state index is 12.5. The molecule has 0 bridgehead atoms. The van der Waals surface area contributed by atoms with E-state index in [4.69, 9.17) is 9.47 Å². The molecule has 1 aliphatic rings. The molecular formula is C17H21N3O7. The molecule has 27 heavy (non-hydrogen) atoms. The Balaban J connectivity index is 1.78. The number of hydrogen-bond acceptors (Lipinski definition) is 9. The van der Waals surface area contributed by atoms with Crippen molar-refractivity contribution < 1.29 is 34.7 Å². The Hall–Kier alpha value is -2.37. The minimum atomic E-state index is -2.33. The summed E-state index contributed by atoms with van der Waals surface area (Å²) >= 11 is 0. The molecule has 4 atom stereocenters. The first kappa shape index (κ1) is 19.4. The van der Waals surface area contributed by atoms with Crippen molar-refractivity contribution >= 4 is 5.97 Å². The topological polar surface area (TPSA) is 147 Å². The second-order valence-electron chi connectivity index (χ2n) is 6.36. The lowest BCUT2D eigenvalue weighted by atomic mass is 9.97. The Bertz CT molecular complexity index is 797. The van der Waals surface area contributed by atoms with Gasteiger partial charge in [-0.3, -0.25) is 0 Å². The first-order chi connectivity index (χ1) is 12.9. The second-order valence-corrected chi connectivity index (χ2v) is 6.36. The predicted molar refractivity (Wildman–Crippen MR) is 89.5 cm³/mol. The molecular weight excluding hydrogens is 358 g/mol. The highest BCUT2D eigenvalue weighted by molar-refractivity contribution is 5.88. The van der Waals surface area contributed by atoms with Crippen LogP contribution in [0.1, 0.15) is 21.7 Å². The molecule has 4 N–H and O–H groups in total.